The lowest BCUT2D eigenvalue weighted by atomic mass is 10.3. The third-order valence-corrected chi connectivity index (χ3v) is 5.09. The van der Waals surface area contributed by atoms with Crippen molar-refractivity contribution in [2.75, 3.05) is 30.9 Å². The van der Waals surface area contributed by atoms with Crippen molar-refractivity contribution in [2.45, 2.75) is 9.79 Å². The van der Waals surface area contributed by atoms with Gasteiger partial charge in [-0.25, -0.2) is 0 Å². The Balaban J connectivity index is 1.83. The number of para-hydroxylation sites is 1. The average Bonchev–Trinajstić information content (AvgIpc) is 2.60. The molecule has 0 fully saturated rings. The van der Waals surface area contributed by atoms with Gasteiger partial charge in [-0.1, -0.05) is 30.3 Å². The Labute approximate surface area is 151 Å². The molecule has 0 aliphatic carbocycles. The largest absolute Gasteiger partial charge is 0.336 e. The van der Waals surface area contributed by atoms with Crippen molar-refractivity contribution in [1.82, 2.24) is 4.90 Å². The molecule has 24 heavy (non-hydrogen) atoms. The fourth-order valence-electron chi connectivity index (χ4n) is 2.01. The van der Waals surface area contributed by atoms with Crippen molar-refractivity contribution in [3.8, 4) is 0 Å². The minimum Gasteiger partial charge on any atom is -0.336 e. The van der Waals surface area contributed by atoms with Crippen molar-refractivity contribution in [3.05, 3.63) is 54.6 Å². The minimum absolute atomic E-state index is 0.0386. The third-order valence-electron chi connectivity index (χ3n) is 3.29. The van der Waals surface area contributed by atoms with Crippen molar-refractivity contribution in [2.24, 2.45) is 0 Å². The number of carbonyl (C=O) groups is 2. The minimum atomic E-state index is -0.197. The van der Waals surface area contributed by atoms with Gasteiger partial charge in [0.2, 0.25) is 11.8 Å². The molecule has 0 spiro atoms. The van der Waals surface area contributed by atoms with Crippen LogP contribution in [0.15, 0.2) is 64.4 Å². The van der Waals surface area contributed by atoms with Crippen molar-refractivity contribution >= 4 is 41.0 Å². The van der Waals surface area contributed by atoms with E-state index in [1.165, 1.54) is 16.7 Å². The number of carbonyl (C=O) groups excluding carboxylic acids is 2. The van der Waals surface area contributed by atoms with Crippen LogP contribution in [-0.4, -0.2) is 42.3 Å². The molecule has 2 rings (SSSR count). The molecule has 2 amide bonds. The van der Waals surface area contributed by atoms with E-state index in [1.54, 1.807) is 18.8 Å². The van der Waals surface area contributed by atoms with Crippen LogP contribution < -0.4 is 5.32 Å². The normalized spacial score (nSPS) is 10.2. The lowest BCUT2D eigenvalue weighted by Crippen LogP contribution is -2.36. The van der Waals surface area contributed by atoms with E-state index in [4.69, 9.17) is 0 Å². The molecule has 4 nitrogen and oxygen atoms in total. The maximum atomic E-state index is 12.1. The number of hydrogen-bond acceptors (Lipinski definition) is 4. The summed E-state index contributed by atoms with van der Waals surface area (Å²) in [5, 5.41) is 2.86. The van der Waals surface area contributed by atoms with Gasteiger partial charge in [0.05, 0.1) is 18.0 Å². The van der Waals surface area contributed by atoms with Crippen LogP contribution in [-0.2, 0) is 9.59 Å². The molecule has 1 N–H and O–H groups in total. The zero-order valence-corrected chi connectivity index (χ0v) is 15.3. The Bertz CT molecular complexity index is 692. The summed E-state index contributed by atoms with van der Waals surface area (Å²) in [7, 11) is 1.65. The first-order chi connectivity index (χ1) is 11.6. The quantitative estimate of drug-likeness (QED) is 0.767. The van der Waals surface area contributed by atoms with Gasteiger partial charge in [-0.05, 0) is 30.5 Å². The van der Waals surface area contributed by atoms with E-state index < -0.39 is 0 Å². The molecular weight excluding hydrogens is 340 g/mol. The van der Waals surface area contributed by atoms with Crippen LogP contribution in [0.4, 0.5) is 5.69 Å². The van der Waals surface area contributed by atoms with Crippen molar-refractivity contribution in [3.63, 3.8) is 0 Å². The van der Waals surface area contributed by atoms with Crippen LogP contribution in [0.25, 0.3) is 0 Å². The Morgan fingerprint density at radius 2 is 1.71 bits per heavy atom. The van der Waals surface area contributed by atoms with Gasteiger partial charge in [-0.2, -0.15) is 0 Å². The van der Waals surface area contributed by atoms with E-state index in [0.29, 0.717) is 5.75 Å². The van der Waals surface area contributed by atoms with E-state index in [-0.39, 0.29) is 18.4 Å². The van der Waals surface area contributed by atoms with Gasteiger partial charge in [-0.3, -0.25) is 9.59 Å². The molecule has 0 aromatic heterocycles. The summed E-state index contributed by atoms with van der Waals surface area (Å²) in [5.41, 5.74) is 0.773. The Morgan fingerprint density at radius 3 is 2.42 bits per heavy atom. The molecule has 0 saturated carbocycles. The number of nitrogens with one attached hydrogen (secondary N) is 1. The topological polar surface area (TPSA) is 49.4 Å². The SMILES string of the molecule is CSc1ccccc1NC(=O)CN(C)C(=O)CSc1ccccc1. The highest BCUT2D eigenvalue weighted by Crippen LogP contribution is 2.24. The predicted molar refractivity (Wildman–Crippen MR) is 102 cm³/mol. The van der Waals surface area contributed by atoms with E-state index in [0.717, 1.165) is 15.5 Å². The molecule has 0 unspecified atom stereocenters. The summed E-state index contributed by atoms with van der Waals surface area (Å²) in [5.74, 6) is 0.0454. The standard InChI is InChI=1S/C18H20N2O2S2/c1-20(18(22)13-24-14-8-4-3-5-9-14)12-17(21)19-15-10-6-7-11-16(15)23-2/h3-11H,12-13H2,1-2H3,(H,19,21). The van der Waals surface area contributed by atoms with Crippen molar-refractivity contribution < 1.29 is 9.59 Å². The van der Waals surface area contributed by atoms with Crippen LogP contribution >= 0.6 is 23.5 Å². The van der Waals surface area contributed by atoms with Crippen LogP contribution in [0.1, 0.15) is 0 Å². The number of nitrogens with zero attached hydrogens (tertiary/aromatic N) is 1. The Morgan fingerprint density at radius 1 is 1.04 bits per heavy atom. The molecular formula is C18H20N2O2S2. The number of anilines is 1. The first kappa shape index (κ1) is 18.4. The highest BCUT2D eigenvalue weighted by Gasteiger charge is 2.14. The van der Waals surface area contributed by atoms with Gasteiger partial charge in [0.25, 0.3) is 0 Å². The smallest absolute Gasteiger partial charge is 0.244 e. The summed E-state index contributed by atoms with van der Waals surface area (Å²) < 4.78 is 0. The average molecular weight is 361 g/mol. The number of likely N-dealkylation sites (N-methyl/N-ethyl adjacent to an activating group) is 1. The summed E-state index contributed by atoms with van der Waals surface area (Å²) >= 11 is 3.04. The van der Waals surface area contributed by atoms with Crippen LogP contribution in [0.2, 0.25) is 0 Å². The number of amides is 2. The van der Waals surface area contributed by atoms with E-state index in [2.05, 4.69) is 5.32 Å². The number of benzene rings is 2. The maximum absolute atomic E-state index is 12.1. The van der Waals surface area contributed by atoms with Crippen LogP contribution in [0, 0.1) is 0 Å². The lowest BCUT2D eigenvalue weighted by molar-refractivity contribution is -0.131. The zero-order chi connectivity index (χ0) is 17.4. The molecule has 0 bridgehead atoms. The molecule has 2 aromatic carbocycles. The Hall–Kier alpha value is -1.92. The summed E-state index contributed by atoms with van der Waals surface area (Å²) in [4.78, 5) is 27.8. The van der Waals surface area contributed by atoms with Gasteiger partial charge in [-0.15, -0.1) is 23.5 Å². The second kappa shape index (κ2) is 9.39. The molecule has 2 aromatic rings. The summed E-state index contributed by atoms with van der Waals surface area (Å²) in [6.07, 6.45) is 1.96. The predicted octanol–water partition coefficient (Wildman–Crippen LogP) is 3.60. The second-order valence-corrected chi connectivity index (χ2v) is 7.00. The monoisotopic (exact) mass is 360 g/mol. The molecule has 0 radical (unpaired) electrons. The number of thioether (sulfide) groups is 2. The summed E-state index contributed by atoms with van der Waals surface area (Å²) in [6.45, 7) is 0.0386. The first-order valence-corrected chi connectivity index (χ1v) is 9.66. The Kier molecular flexibility index (Phi) is 7.21. The van der Waals surface area contributed by atoms with E-state index in [1.807, 2.05) is 60.9 Å². The fraction of sp³-hybridized carbons (Fsp3) is 0.222. The maximum Gasteiger partial charge on any atom is 0.244 e. The van der Waals surface area contributed by atoms with Gasteiger partial charge in [0.15, 0.2) is 0 Å². The molecule has 0 aliphatic heterocycles. The highest BCUT2D eigenvalue weighted by molar-refractivity contribution is 8.00. The summed E-state index contributed by atoms with van der Waals surface area (Å²) in [6, 6.07) is 17.4. The first-order valence-electron chi connectivity index (χ1n) is 7.45. The van der Waals surface area contributed by atoms with Crippen LogP contribution in [0.5, 0.6) is 0 Å². The van der Waals surface area contributed by atoms with Gasteiger partial charge in [0, 0.05) is 16.8 Å². The molecule has 6 heteroatoms. The van der Waals surface area contributed by atoms with Crippen LogP contribution in [0.3, 0.4) is 0 Å². The van der Waals surface area contributed by atoms with Gasteiger partial charge < -0.3 is 10.2 Å². The fourth-order valence-corrected chi connectivity index (χ4v) is 3.43. The number of rotatable bonds is 7. The molecule has 0 heterocycles. The van der Waals surface area contributed by atoms with Crippen molar-refractivity contribution in [1.29, 1.82) is 0 Å². The zero-order valence-electron chi connectivity index (χ0n) is 13.7. The van der Waals surface area contributed by atoms with E-state index >= 15 is 0 Å². The van der Waals surface area contributed by atoms with Gasteiger partial charge in [0.1, 0.15) is 0 Å². The third kappa shape index (κ3) is 5.62. The molecule has 0 saturated heterocycles. The lowest BCUT2D eigenvalue weighted by Gasteiger charge is -2.17. The van der Waals surface area contributed by atoms with E-state index in [9.17, 15) is 9.59 Å². The second-order valence-electron chi connectivity index (χ2n) is 5.10. The van der Waals surface area contributed by atoms with Gasteiger partial charge >= 0.3 is 0 Å². The highest BCUT2D eigenvalue weighted by atomic mass is 32.2. The number of hydrogen-bond donors (Lipinski definition) is 1. The molecule has 126 valence electrons. The molecule has 0 aliphatic rings. The molecule has 0 atom stereocenters.